The largest absolute Gasteiger partial charge is 0.495 e. The van der Waals surface area contributed by atoms with Gasteiger partial charge in [0.25, 0.3) is 0 Å². The summed E-state index contributed by atoms with van der Waals surface area (Å²) in [5.74, 6) is -0.496. The van der Waals surface area contributed by atoms with E-state index < -0.39 is 5.97 Å². The van der Waals surface area contributed by atoms with Crippen molar-refractivity contribution in [2.45, 2.75) is 6.42 Å². The monoisotopic (exact) mass is 266 g/mol. The van der Waals surface area contributed by atoms with Gasteiger partial charge < -0.3 is 15.2 Å². The number of benzene rings is 1. The summed E-state index contributed by atoms with van der Waals surface area (Å²) in [4.78, 5) is 23.8. The zero-order valence-corrected chi connectivity index (χ0v) is 11.0. The number of amides is 1. The number of carboxylic acids is 1. The first-order valence-corrected chi connectivity index (χ1v) is 5.86. The van der Waals surface area contributed by atoms with Crippen LogP contribution in [0.25, 0.3) is 0 Å². The summed E-state index contributed by atoms with van der Waals surface area (Å²) >= 11 is 0. The first-order valence-electron chi connectivity index (χ1n) is 5.86. The third kappa shape index (κ3) is 5.39. The van der Waals surface area contributed by atoms with Gasteiger partial charge in [-0.2, -0.15) is 0 Å². The molecule has 0 bridgehead atoms. The van der Waals surface area contributed by atoms with Crippen LogP contribution in [0.4, 0.5) is 5.69 Å². The van der Waals surface area contributed by atoms with Crippen LogP contribution in [0.2, 0.25) is 0 Å². The Hall–Kier alpha value is -2.08. The summed E-state index contributed by atoms with van der Waals surface area (Å²) in [6.07, 6.45) is 0.224. The SMILES string of the molecule is COc1ccccc1NC(=O)CCN(C)CC(=O)O. The van der Waals surface area contributed by atoms with E-state index in [4.69, 9.17) is 9.84 Å². The molecule has 0 aliphatic rings. The fourth-order valence-corrected chi connectivity index (χ4v) is 1.56. The van der Waals surface area contributed by atoms with Gasteiger partial charge in [0.1, 0.15) is 5.75 Å². The predicted octanol–water partition coefficient (Wildman–Crippen LogP) is 1.04. The van der Waals surface area contributed by atoms with Gasteiger partial charge in [-0.1, -0.05) is 12.1 Å². The normalized spacial score (nSPS) is 10.3. The molecule has 1 amide bonds. The number of ether oxygens (including phenoxy) is 1. The standard InChI is InChI=1S/C13H18N2O4/c1-15(9-13(17)18)8-7-12(16)14-10-5-3-4-6-11(10)19-2/h3-6H,7-9H2,1-2H3,(H,14,16)(H,17,18). The first-order chi connectivity index (χ1) is 9.02. The molecule has 0 aliphatic heterocycles. The molecule has 0 saturated carbocycles. The maximum Gasteiger partial charge on any atom is 0.317 e. The van der Waals surface area contributed by atoms with E-state index in [0.717, 1.165) is 0 Å². The van der Waals surface area contributed by atoms with Crippen LogP contribution in [-0.2, 0) is 9.59 Å². The minimum Gasteiger partial charge on any atom is -0.495 e. The van der Waals surface area contributed by atoms with Gasteiger partial charge >= 0.3 is 5.97 Å². The Morgan fingerprint density at radius 2 is 2.05 bits per heavy atom. The molecule has 19 heavy (non-hydrogen) atoms. The fraction of sp³-hybridized carbons (Fsp3) is 0.385. The average molecular weight is 266 g/mol. The summed E-state index contributed by atoms with van der Waals surface area (Å²) in [5.41, 5.74) is 0.607. The van der Waals surface area contributed by atoms with Gasteiger partial charge in [0.2, 0.25) is 5.91 Å². The van der Waals surface area contributed by atoms with Crippen LogP contribution in [-0.4, -0.2) is 49.1 Å². The number of rotatable bonds is 7. The van der Waals surface area contributed by atoms with Crippen molar-refractivity contribution in [1.29, 1.82) is 0 Å². The highest BCUT2D eigenvalue weighted by molar-refractivity contribution is 5.92. The quantitative estimate of drug-likeness (QED) is 0.771. The highest BCUT2D eigenvalue weighted by atomic mass is 16.5. The van der Waals surface area contributed by atoms with E-state index in [1.165, 1.54) is 7.11 Å². The van der Waals surface area contributed by atoms with E-state index in [1.807, 2.05) is 6.07 Å². The first kappa shape index (κ1) is 15.0. The van der Waals surface area contributed by atoms with E-state index in [-0.39, 0.29) is 18.9 Å². The molecule has 0 spiro atoms. The molecule has 0 heterocycles. The Kier molecular flexibility index (Phi) is 5.81. The summed E-state index contributed by atoms with van der Waals surface area (Å²) in [6.45, 7) is 0.301. The molecule has 2 N–H and O–H groups in total. The van der Waals surface area contributed by atoms with Gasteiger partial charge in [-0.25, -0.2) is 0 Å². The summed E-state index contributed by atoms with van der Waals surface area (Å²) < 4.78 is 5.12. The van der Waals surface area contributed by atoms with Crippen molar-refractivity contribution in [3.8, 4) is 5.75 Å². The summed E-state index contributed by atoms with van der Waals surface area (Å²) in [7, 11) is 3.19. The summed E-state index contributed by atoms with van der Waals surface area (Å²) in [6, 6.07) is 7.12. The molecule has 6 heteroatoms. The number of methoxy groups -OCH3 is 1. The number of likely N-dealkylation sites (N-methyl/N-ethyl adjacent to an activating group) is 1. The van der Waals surface area contributed by atoms with Crippen molar-refractivity contribution in [3.05, 3.63) is 24.3 Å². The van der Waals surface area contributed by atoms with Crippen LogP contribution in [0.5, 0.6) is 5.75 Å². The van der Waals surface area contributed by atoms with Gasteiger partial charge in [0.15, 0.2) is 0 Å². The zero-order valence-electron chi connectivity index (χ0n) is 11.0. The van der Waals surface area contributed by atoms with Crippen LogP contribution in [0.3, 0.4) is 0 Å². The lowest BCUT2D eigenvalue weighted by Gasteiger charge is -2.14. The number of hydrogen-bond donors (Lipinski definition) is 2. The number of carboxylic acid groups (broad SMARTS) is 1. The average Bonchev–Trinajstić information content (AvgIpc) is 2.36. The number of para-hydroxylation sites is 2. The van der Waals surface area contributed by atoms with Gasteiger partial charge in [0.05, 0.1) is 19.3 Å². The Balaban J connectivity index is 2.45. The second-order valence-electron chi connectivity index (χ2n) is 4.13. The highest BCUT2D eigenvalue weighted by Crippen LogP contribution is 2.22. The van der Waals surface area contributed by atoms with Gasteiger partial charge in [0, 0.05) is 13.0 Å². The third-order valence-corrected chi connectivity index (χ3v) is 2.51. The number of hydrogen-bond acceptors (Lipinski definition) is 4. The van der Waals surface area contributed by atoms with E-state index in [9.17, 15) is 9.59 Å². The molecule has 104 valence electrons. The lowest BCUT2D eigenvalue weighted by atomic mass is 10.2. The molecule has 1 aromatic rings. The number of carbonyl (C=O) groups is 2. The summed E-state index contributed by atoms with van der Waals surface area (Å²) in [5, 5.41) is 11.3. The molecule has 1 rings (SSSR count). The van der Waals surface area contributed by atoms with Crippen molar-refractivity contribution in [3.63, 3.8) is 0 Å². The van der Waals surface area contributed by atoms with Crippen LogP contribution < -0.4 is 10.1 Å². The predicted molar refractivity (Wildman–Crippen MR) is 71.4 cm³/mol. The molecule has 0 aliphatic carbocycles. The van der Waals surface area contributed by atoms with Crippen LogP contribution >= 0.6 is 0 Å². The number of anilines is 1. The smallest absolute Gasteiger partial charge is 0.317 e. The third-order valence-electron chi connectivity index (χ3n) is 2.51. The number of nitrogens with zero attached hydrogens (tertiary/aromatic N) is 1. The molecule has 0 saturated heterocycles. The van der Waals surface area contributed by atoms with Crippen LogP contribution in [0, 0.1) is 0 Å². The molecule has 0 fully saturated rings. The van der Waals surface area contributed by atoms with Gasteiger partial charge in [-0.15, -0.1) is 0 Å². The van der Waals surface area contributed by atoms with E-state index in [2.05, 4.69) is 5.32 Å². The van der Waals surface area contributed by atoms with Crippen LogP contribution in [0.1, 0.15) is 6.42 Å². The lowest BCUT2D eigenvalue weighted by Crippen LogP contribution is -2.29. The molecule has 0 atom stereocenters. The lowest BCUT2D eigenvalue weighted by molar-refractivity contribution is -0.138. The molecule has 1 aromatic carbocycles. The Morgan fingerprint density at radius 1 is 1.37 bits per heavy atom. The van der Waals surface area contributed by atoms with E-state index >= 15 is 0 Å². The van der Waals surface area contributed by atoms with E-state index in [1.54, 1.807) is 30.1 Å². The van der Waals surface area contributed by atoms with Crippen molar-refractivity contribution in [1.82, 2.24) is 4.90 Å². The Labute approximate surface area is 112 Å². The van der Waals surface area contributed by atoms with Gasteiger partial charge in [-0.05, 0) is 19.2 Å². The zero-order chi connectivity index (χ0) is 14.3. The van der Waals surface area contributed by atoms with Crippen molar-refractivity contribution in [2.75, 3.05) is 32.6 Å². The molecule has 0 unspecified atom stereocenters. The van der Waals surface area contributed by atoms with Crippen LogP contribution in [0.15, 0.2) is 24.3 Å². The second-order valence-corrected chi connectivity index (χ2v) is 4.13. The number of nitrogens with one attached hydrogen (secondary N) is 1. The molecule has 0 aromatic heterocycles. The number of carbonyl (C=O) groups excluding carboxylic acids is 1. The van der Waals surface area contributed by atoms with Gasteiger partial charge in [-0.3, -0.25) is 14.5 Å². The van der Waals surface area contributed by atoms with Crippen molar-refractivity contribution in [2.24, 2.45) is 0 Å². The molecular formula is C13H18N2O4. The molecular weight excluding hydrogens is 248 g/mol. The maximum atomic E-state index is 11.7. The van der Waals surface area contributed by atoms with E-state index in [0.29, 0.717) is 18.0 Å². The van der Waals surface area contributed by atoms with Crippen molar-refractivity contribution >= 4 is 17.6 Å². The number of aliphatic carboxylic acids is 1. The fourth-order valence-electron chi connectivity index (χ4n) is 1.56. The molecule has 6 nitrogen and oxygen atoms in total. The Morgan fingerprint density at radius 3 is 2.68 bits per heavy atom. The minimum absolute atomic E-state index is 0.0814. The molecule has 0 radical (unpaired) electrons. The Bertz CT molecular complexity index is 448. The second kappa shape index (κ2) is 7.38. The maximum absolute atomic E-state index is 11.7. The minimum atomic E-state index is -0.910. The highest BCUT2D eigenvalue weighted by Gasteiger charge is 2.09. The topological polar surface area (TPSA) is 78.9 Å². The van der Waals surface area contributed by atoms with Crippen molar-refractivity contribution < 1.29 is 19.4 Å².